The van der Waals surface area contributed by atoms with Crippen molar-refractivity contribution in [3.63, 3.8) is 0 Å². The van der Waals surface area contributed by atoms with Crippen LogP contribution in [0.5, 0.6) is 0 Å². The molecule has 0 spiro atoms. The lowest BCUT2D eigenvalue weighted by molar-refractivity contribution is -0.128. The summed E-state index contributed by atoms with van der Waals surface area (Å²) in [7, 11) is 3.77. The average Bonchev–Trinajstić information content (AvgIpc) is 2.62. The highest BCUT2D eigenvalue weighted by molar-refractivity contribution is 7.89. The summed E-state index contributed by atoms with van der Waals surface area (Å²) in [6.45, 7) is 0.363. The summed E-state index contributed by atoms with van der Waals surface area (Å²) in [6, 6.07) is 11.0. The van der Waals surface area contributed by atoms with E-state index in [2.05, 4.69) is 4.72 Å². The molecule has 0 unspecified atom stereocenters. The zero-order valence-corrected chi connectivity index (χ0v) is 17.3. The van der Waals surface area contributed by atoms with E-state index in [9.17, 15) is 13.2 Å². The van der Waals surface area contributed by atoms with Gasteiger partial charge in [-0.3, -0.25) is 4.79 Å². The molecule has 7 heteroatoms. The quantitative estimate of drug-likeness (QED) is 0.668. The molecule has 0 aliphatic rings. The molecule has 0 aliphatic carbocycles. The van der Waals surface area contributed by atoms with Gasteiger partial charge in [0.25, 0.3) is 0 Å². The van der Waals surface area contributed by atoms with Gasteiger partial charge in [0.15, 0.2) is 0 Å². The molecule has 27 heavy (non-hydrogen) atoms. The zero-order chi connectivity index (χ0) is 20.0. The normalized spacial score (nSPS) is 11.6. The molecule has 0 atom stereocenters. The van der Waals surface area contributed by atoms with E-state index >= 15 is 0 Å². The minimum absolute atomic E-state index is 0.100. The molecule has 1 amide bonds. The van der Waals surface area contributed by atoms with Crippen molar-refractivity contribution in [3.05, 3.63) is 36.4 Å². The molecule has 2 aromatic rings. The summed E-state index contributed by atoms with van der Waals surface area (Å²) < 4.78 is 28.2. The fourth-order valence-corrected chi connectivity index (χ4v) is 4.27. The van der Waals surface area contributed by atoms with E-state index in [-0.39, 0.29) is 5.91 Å². The van der Waals surface area contributed by atoms with Crippen LogP contribution in [0, 0.1) is 0 Å². The molecule has 0 bridgehead atoms. The van der Waals surface area contributed by atoms with Crippen molar-refractivity contribution in [3.8, 4) is 0 Å². The monoisotopic (exact) mass is 391 g/mol. The predicted molar refractivity (Wildman–Crippen MR) is 111 cm³/mol. The van der Waals surface area contributed by atoms with Crippen molar-refractivity contribution in [2.45, 2.75) is 30.6 Å². The van der Waals surface area contributed by atoms with Gasteiger partial charge in [-0.2, -0.15) is 0 Å². The number of fused-ring (bicyclic) bond motifs is 1. The second kappa shape index (κ2) is 9.19. The smallest absolute Gasteiger partial charge is 0.241 e. The molecule has 0 aliphatic heterocycles. The fourth-order valence-electron chi connectivity index (χ4n) is 2.97. The van der Waals surface area contributed by atoms with Crippen LogP contribution in [0.15, 0.2) is 41.3 Å². The first-order valence-electron chi connectivity index (χ1n) is 9.13. The summed E-state index contributed by atoms with van der Waals surface area (Å²) in [5, 5.41) is 1.63. The number of benzene rings is 2. The Balaban J connectivity index is 2.03. The summed E-state index contributed by atoms with van der Waals surface area (Å²) in [6.07, 6.45) is 2.77. The number of carbonyl (C=O) groups is 1. The summed E-state index contributed by atoms with van der Waals surface area (Å²) >= 11 is 0. The van der Waals surface area contributed by atoms with Crippen molar-refractivity contribution < 1.29 is 13.2 Å². The number of rotatable bonds is 9. The molecule has 0 heterocycles. The molecule has 2 rings (SSSR count). The van der Waals surface area contributed by atoms with Gasteiger partial charge in [0, 0.05) is 57.6 Å². The lowest BCUT2D eigenvalue weighted by Crippen LogP contribution is -2.25. The second-order valence-electron chi connectivity index (χ2n) is 7.02. The van der Waals surface area contributed by atoms with Crippen molar-refractivity contribution in [1.82, 2.24) is 9.62 Å². The topological polar surface area (TPSA) is 69.7 Å². The number of sulfonamides is 1. The van der Waals surface area contributed by atoms with Gasteiger partial charge < -0.3 is 9.80 Å². The van der Waals surface area contributed by atoms with Crippen LogP contribution in [-0.4, -0.2) is 54.0 Å². The van der Waals surface area contributed by atoms with Crippen LogP contribution < -0.4 is 9.62 Å². The maximum atomic E-state index is 12.8. The standard InChI is InChI=1S/C20H29N3O3S/c1-22(2)18-12-8-11-17-16(18)10-9-13-19(17)27(25,26)21-15-7-5-6-14-20(24)23(3)4/h8-13,21H,5-7,14-15H2,1-4H3. The third-order valence-corrected chi connectivity index (χ3v) is 6.01. The van der Waals surface area contributed by atoms with Gasteiger partial charge in [-0.15, -0.1) is 0 Å². The number of carbonyl (C=O) groups excluding carboxylic acids is 1. The first-order valence-corrected chi connectivity index (χ1v) is 10.6. The summed E-state index contributed by atoms with van der Waals surface area (Å²) in [4.78, 5) is 15.4. The molecule has 0 aromatic heterocycles. The van der Waals surface area contributed by atoms with Gasteiger partial charge >= 0.3 is 0 Å². The van der Waals surface area contributed by atoms with Crippen LogP contribution >= 0.6 is 0 Å². The van der Waals surface area contributed by atoms with E-state index in [1.54, 1.807) is 31.1 Å². The number of unbranched alkanes of at least 4 members (excludes halogenated alkanes) is 2. The van der Waals surface area contributed by atoms with Crippen molar-refractivity contribution >= 4 is 32.4 Å². The molecule has 148 valence electrons. The molecular formula is C20H29N3O3S. The Labute approximate surface area is 162 Å². The van der Waals surface area contributed by atoms with E-state index in [0.717, 1.165) is 23.9 Å². The van der Waals surface area contributed by atoms with E-state index in [0.29, 0.717) is 29.7 Å². The van der Waals surface area contributed by atoms with Gasteiger partial charge in [0.2, 0.25) is 15.9 Å². The van der Waals surface area contributed by atoms with Gasteiger partial charge in [-0.25, -0.2) is 13.1 Å². The lowest BCUT2D eigenvalue weighted by Gasteiger charge is -2.17. The highest BCUT2D eigenvalue weighted by atomic mass is 32.2. The van der Waals surface area contributed by atoms with Gasteiger partial charge in [-0.1, -0.05) is 30.7 Å². The SMILES string of the molecule is CN(C)C(=O)CCCCCNS(=O)(=O)c1cccc2c(N(C)C)cccc12. The maximum absolute atomic E-state index is 12.8. The molecule has 0 saturated carbocycles. The maximum Gasteiger partial charge on any atom is 0.241 e. The van der Waals surface area contributed by atoms with Gasteiger partial charge in [0.1, 0.15) is 0 Å². The predicted octanol–water partition coefficient (Wildman–Crippen LogP) is 2.83. The Morgan fingerprint density at radius 1 is 0.926 bits per heavy atom. The largest absolute Gasteiger partial charge is 0.377 e. The first kappa shape index (κ1) is 21.2. The van der Waals surface area contributed by atoms with E-state index in [1.165, 1.54) is 0 Å². The van der Waals surface area contributed by atoms with Crippen molar-refractivity contribution in [2.75, 3.05) is 39.6 Å². The van der Waals surface area contributed by atoms with Crippen LogP contribution in [0.1, 0.15) is 25.7 Å². The second-order valence-corrected chi connectivity index (χ2v) is 8.75. The van der Waals surface area contributed by atoms with Crippen LogP contribution in [0.25, 0.3) is 10.8 Å². The summed E-state index contributed by atoms with van der Waals surface area (Å²) in [5.41, 5.74) is 0.982. The third-order valence-electron chi connectivity index (χ3n) is 4.49. The Hall–Kier alpha value is -2.12. The first-order chi connectivity index (χ1) is 12.7. The number of nitrogens with one attached hydrogen (secondary N) is 1. The molecule has 2 aromatic carbocycles. The molecular weight excluding hydrogens is 362 g/mol. The number of nitrogens with zero attached hydrogens (tertiary/aromatic N) is 2. The Morgan fingerprint density at radius 2 is 1.59 bits per heavy atom. The van der Waals surface area contributed by atoms with Gasteiger partial charge in [-0.05, 0) is 25.0 Å². The molecule has 0 saturated heterocycles. The lowest BCUT2D eigenvalue weighted by atomic mass is 10.1. The van der Waals surface area contributed by atoms with Crippen LogP contribution in [-0.2, 0) is 14.8 Å². The number of amides is 1. The van der Waals surface area contributed by atoms with Gasteiger partial charge in [0.05, 0.1) is 4.90 Å². The van der Waals surface area contributed by atoms with E-state index in [1.807, 2.05) is 43.3 Å². The van der Waals surface area contributed by atoms with E-state index < -0.39 is 10.0 Å². The van der Waals surface area contributed by atoms with Crippen LogP contribution in [0.3, 0.4) is 0 Å². The van der Waals surface area contributed by atoms with Crippen molar-refractivity contribution in [2.24, 2.45) is 0 Å². The zero-order valence-electron chi connectivity index (χ0n) is 16.5. The summed E-state index contributed by atoms with van der Waals surface area (Å²) in [5.74, 6) is 0.100. The molecule has 1 N–H and O–H groups in total. The molecule has 0 radical (unpaired) electrons. The van der Waals surface area contributed by atoms with Crippen LogP contribution in [0.2, 0.25) is 0 Å². The van der Waals surface area contributed by atoms with E-state index in [4.69, 9.17) is 0 Å². The minimum Gasteiger partial charge on any atom is -0.377 e. The Kier molecular flexibility index (Phi) is 7.21. The highest BCUT2D eigenvalue weighted by Gasteiger charge is 2.18. The molecule has 6 nitrogen and oxygen atoms in total. The van der Waals surface area contributed by atoms with Crippen LogP contribution in [0.4, 0.5) is 5.69 Å². The number of anilines is 1. The Bertz CT molecular complexity index is 892. The fraction of sp³-hybridized carbons (Fsp3) is 0.450. The highest BCUT2D eigenvalue weighted by Crippen LogP contribution is 2.30. The van der Waals surface area contributed by atoms with Crippen molar-refractivity contribution in [1.29, 1.82) is 0 Å². The third kappa shape index (κ3) is 5.43. The Morgan fingerprint density at radius 3 is 2.26 bits per heavy atom. The number of hydrogen-bond acceptors (Lipinski definition) is 4. The average molecular weight is 392 g/mol. The molecule has 0 fully saturated rings. The minimum atomic E-state index is -3.59. The number of hydrogen-bond donors (Lipinski definition) is 1.